The van der Waals surface area contributed by atoms with Crippen molar-refractivity contribution in [2.45, 2.75) is 19.3 Å². The SMILES string of the molecule is NCC/C=C1\c2ccccc2CCc2cc(O)ccc21. The van der Waals surface area contributed by atoms with Crippen molar-refractivity contribution in [3.63, 3.8) is 0 Å². The summed E-state index contributed by atoms with van der Waals surface area (Å²) in [6.45, 7) is 0.652. The van der Waals surface area contributed by atoms with Crippen LogP contribution < -0.4 is 5.73 Å². The molecule has 0 unspecified atom stereocenters. The fraction of sp³-hybridized carbons (Fsp3) is 0.222. The second-order valence-electron chi connectivity index (χ2n) is 5.19. The summed E-state index contributed by atoms with van der Waals surface area (Å²) in [7, 11) is 0. The van der Waals surface area contributed by atoms with Crippen LogP contribution in [0.4, 0.5) is 0 Å². The quantitative estimate of drug-likeness (QED) is 0.875. The molecular weight excluding hydrogens is 246 g/mol. The predicted octanol–water partition coefficient (Wildman–Crippen LogP) is 3.27. The maximum Gasteiger partial charge on any atom is 0.115 e. The number of hydrogen-bond acceptors (Lipinski definition) is 2. The number of nitrogens with two attached hydrogens (primary N) is 1. The van der Waals surface area contributed by atoms with Crippen LogP contribution in [0, 0.1) is 0 Å². The zero-order chi connectivity index (χ0) is 13.9. The average molecular weight is 265 g/mol. The zero-order valence-electron chi connectivity index (χ0n) is 11.5. The standard InChI is InChI=1S/C18H19NO/c19-11-3-6-18-16-5-2-1-4-13(16)7-8-14-12-15(20)9-10-17(14)18/h1-2,4-6,9-10,12,20H,3,7-8,11,19H2/b18-6+. The number of rotatable bonds is 2. The van der Waals surface area contributed by atoms with Gasteiger partial charge >= 0.3 is 0 Å². The number of hydrogen-bond donors (Lipinski definition) is 2. The van der Waals surface area contributed by atoms with Gasteiger partial charge in [-0.15, -0.1) is 0 Å². The molecule has 20 heavy (non-hydrogen) atoms. The molecule has 1 aliphatic carbocycles. The Labute approximate surface area is 119 Å². The van der Waals surface area contributed by atoms with Crippen molar-refractivity contribution in [3.05, 3.63) is 70.8 Å². The fourth-order valence-corrected chi connectivity index (χ4v) is 2.91. The summed E-state index contributed by atoms with van der Waals surface area (Å²) >= 11 is 0. The van der Waals surface area contributed by atoms with Crippen LogP contribution in [0.1, 0.15) is 28.7 Å². The summed E-state index contributed by atoms with van der Waals surface area (Å²) in [4.78, 5) is 0. The molecule has 0 spiro atoms. The van der Waals surface area contributed by atoms with Gasteiger partial charge in [-0.2, -0.15) is 0 Å². The minimum absolute atomic E-state index is 0.341. The van der Waals surface area contributed by atoms with E-state index in [1.807, 2.05) is 12.1 Å². The van der Waals surface area contributed by atoms with Crippen molar-refractivity contribution >= 4 is 5.57 Å². The van der Waals surface area contributed by atoms with E-state index in [0.29, 0.717) is 12.3 Å². The van der Waals surface area contributed by atoms with Gasteiger partial charge in [0.05, 0.1) is 0 Å². The van der Waals surface area contributed by atoms with Gasteiger partial charge in [-0.25, -0.2) is 0 Å². The van der Waals surface area contributed by atoms with Crippen LogP contribution in [0.5, 0.6) is 5.75 Å². The molecule has 0 saturated heterocycles. The molecule has 0 heterocycles. The van der Waals surface area contributed by atoms with Gasteiger partial charge < -0.3 is 10.8 Å². The minimum atomic E-state index is 0.341. The highest BCUT2D eigenvalue weighted by Gasteiger charge is 2.17. The highest BCUT2D eigenvalue weighted by atomic mass is 16.3. The number of phenolic OH excluding ortho intramolecular Hbond substituents is 1. The highest BCUT2D eigenvalue weighted by Crippen LogP contribution is 2.35. The first kappa shape index (κ1) is 12.9. The molecule has 0 atom stereocenters. The molecule has 3 N–H and O–H groups in total. The number of benzene rings is 2. The molecule has 2 heteroatoms. The lowest BCUT2D eigenvalue weighted by Gasteiger charge is -2.12. The van der Waals surface area contributed by atoms with Crippen LogP contribution in [0.15, 0.2) is 48.5 Å². The van der Waals surface area contributed by atoms with Crippen molar-refractivity contribution in [1.82, 2.24) is 0 Å². The molecule has 102 valence electrons. The lowest BCUT2D eigenvalue weighted by atomic mass is 9.93. The summed E-state index contributed by atoms with van der Waals surface area (Å²) < 4.78 is 0. The van der Waals surface area contributed by atoms with E-state index in [0.717, 1.165) is 19.3 Å². The van der Waals surface area contributed by atoms with Gasteiger partial charge in [0, 0.05) is 0 Å². The van der Waals surface area contributed by atoms with E-state index in [-0.39, 0.29) is 0 Å². The molecule has 0 fully saturated rings. The van der Waals surface area contributed by atoms with Crippen LogP contribution in [0.3, 0.4) is 0 Å². The van der Waals surface area contributed by atoms with Crippen molar-refractivity contribution in [2.24, 2.45) is 5.73 Å². The molecule has 0 bridgehead atoms. The molecule has 3 rings (SSSR count). The van der Waals surface area contributed by atoms with Gasteiger partial charge in [0.15, 0.2) is 0 Å². The van der Waals surface area contributed by atoms with Crippen molar-refractivity contribution in [1.29, 1.82) is 0 Å². The van der Waals surface area contributed by atoms with Crippen molar-refractivity contribution in [2.75, 3.05) is 6.54 Å². The molecule has 0 aromatic heterocycles. The maximum absolute atomic E-state index is 9.72. The second-order valence-corrected chi connectivity index (χ2v) is 5.19. The third-order valence-corrected chi connectivity index (χ3v) is 3.87. The molecule has 2 aromatic carbocycles. The van der Waals surface area contributed by atoms with Gasteiger partial charge in [0.2, 0.25) is 0 Å². The third-order valence-electron chi connectivity index (χ3n) is 3.87. The summed E-state index contributed by atoms with van der Waals surface area (Å²) in [5, 5.41) is 9.72. The number of aryl methyl sites for hydroxylation is 2. The Morgan fingerprint density at radius 3 is 2.60 bits per heavy atom. The molecular formula is C18H19NO. The number of phenols is 1. The lowest BCUT2D eigenvalue weighted by Crippen LogP contribution is -1.98. The van der Waals surface area contributed by atoms with Gasteiger partial charge in [-0.05, 0) is 65.8 Å². The van der Waals surface area contributed by atoms with Crippen LogP contribution in [-0.2, 0) is 12.8 Å². The number of aromatic hydroxyl groups is 1. The molecule has 0 saturated carbocycles. The summed E-state index contributed by atoms with van der Waals surface area (Å²) in [6, 6.07) is 14.2. The van der Waals surface area contributed by atoms with E-state index >= 15 is 0 Å². The average Bonchev–Trinajstić information content (AvgIpc) is 2.62. The predicted molar refractivity (Wildman–Crippen MR) is 82.7 cm³/mol. The summed E-state index contributed by atoms with van der Waals surface area (Å²) in [5.74, 6) is 0.341. The molecule has 1 aliphatic rings. The van der Waals surface area contributed by atoms with E-state index < -0.39 is 0 Å². The first-order chi connectivity index (χ1) is 9.79. The smallest absolute Gasteiger partial charge is 0.115 e. The Balaban J connectivity index is 2.19. The largest absolute Gasteiger partial charge is 0.508 e. The lowest BCUT2D eigenvalue weighted by molar-refractivity contribution is 0.474. The van der Waals surface area contributed by atoms with Crippen LogP contribution >= 0.6 is 0 Å². The Morgan fingerprint density at radius 2 is 1.75 bits per heavy atom. The van der Waals surface area contributed by atoms with Gasteiger partial charge in [0.1, 0.15) is 5.75 Å². The highest BCUT2D eigenvalue weighted by molar-refractivity contribution is 5.84. The molecule has 0 amide bonds. The topological polar surface area (TPSA) is 46.2 Å². The van der Waals surface area contributed by atoms with Crippen molar-refractivity contribution in [3.8, 4) is 5.75 Å². The van der Waals surface area contributed by atoms with E-state index in [1.165, 1.54) is 27.8 Å². The first-order valence-electron chi connectivity index (χ1n) is 7.10. The molecule has 2 nitrogen and oxygen atoms in total. The van der Waals surface area contributed by atoms with Gasteiger partial charge in [-0.3, -0.25) is 0 Å². The monoisotopic (exact) mass is 265 g/mol. The minimum Gasteiger partial charge on any atom is -0.508 e. The Morgan fingerprint density at radius 1 is 1.00 bits per heavy atom. The first-order valence-corrected chi connectivity index (χ1v) is 7.10. The Kier molecular flexibility index (Phi) is 3.57. The summed E-state index contributed by atoms with van der Waals surface area (Å²) in [5.41, 5.74) is 12.0. The molecule has 0 aliphatic heterocycles. The van der Waals surface area contributed by atoms with E-state index in [9.17, 15) is 5.11 Å². The van der Waals surface area contributed by atoms with Gasteiger partial charge in [-0.1, -0.05) is 36.4 Å². The van der Waals surface area contributed by atoms with Crippen molar-refractivity contribution < 1.29 is 5.11 Å². The van der Waals surface area contributed by atoms with Crippen LogP contribution in [0.2, 0.25) is 0 Å². The van der Waals surface area contributed by atoms with Crippen LogP contribution in [-0.4, -0.2) is 11.7 Å². The van der Waals surface area contributed by atoms with E-state index in [4.69, 9.17) is 5.73 Å². The maximum atomic E-state index is 9.72. The molecule has 0 radical (unpaired) electrons. The summed E-state index contributed by atoms with van der Waals surface area (Å²) in [6.07, 6.45) is 5.05. The van der Waals surface area contributed by atoms with Crippen LogP contribution in [0.25, 0.3) is 5.57 Å². The Bertz CT molecular complexity index is 658. The van der Waals surface area contributed by atoms with Gasteiger partial charge in [0.25, 0.3) is 0 Å². The van der Waals surface area contributed by atoms with E-state index in [1.54, 1.807) is 6.07 Å². The fourth-order valence-electron chi connectivity index (χ4n) is 2.91. The number of fused-ring (bicyclic) bond motifs is 2. The van der Waals surface area contributed by atoms with E-state index in [2.05, 4.69) is 30.3 Å². The Hall–Kier alpha value is -2.06. The third kappa shape index (κ3) is 2.35. The zero-order valence-corrected chi connectivity index (χ0v) is 11.5. The second kappa shape index (κ2) is 5.51. The normalized spacial score (nSPS) is 15.6. The molecule has 2 aromatic rings.